The van der Waals surface area contributed by atoms with Crippen LogP contribution in [-0.2, 0) is 23.0 Å². The normalized spacial score (nSPS) is 20.1. The minimum atomic E-state index is -3.41. The Labute approximate surface area is 173 Å². The zero-order valence-corrected chi connectivity index (χ0v) is 17.4. The quantitative estimate of drug-likeness (QED) is 0.790. The minimum absolute atomic E-state index is 0.0204. The van der Waals surface area contributed by atoms with E-state index >= 15 is 0 Å². The van der Waals surface area contributed by atoms with E-state index in [2.05, 4.69) is 9.97 Å². The van der Waals surface area contributed by atoms with Gasteiger partial charge in [0.25, 0.3) is 11.5 Å². The Kier molecular flexibility index (Phi) is 5.46. The monoisotopic (exact) mass is 434 g/mol. The number of aromatic nitrogens is 2. The summed E-state index contributed by atoms with van der Waals surface area (Å²) in [5, 5.41) is 0. The maximum Gasteiger partial charge on any atom is 0.257 e. The molecule has 0 spiro atoms. The van der Waals surface area contributed by atoms with E-state index in [1.807, 2.05) is 0 Å². The summed E-state index contributed by atoms with van der Waals surface area (Å²) in [5.74, 6) is -0.725. The molecule has 160 valence electrons. The second-order valence-electron chi connectivity index (χ2n) is 7.71. The smallest absolute Gasteiger partial charge is 0.257 e. The molecule has 2 aliphatic rings. The molecule has 2 aromatic rings. The summed E-state index contributed by atoms with van der Waals surface area (Å²) < 4.78 is 39.3. The number of likely N-dealkylation sites (tertiary alicyclic amines) is 1. The molecule has 0 radical (unpaired) electrons. The number of fused-ring (bicyclic) bond motifs is 1. The van der Waals surface area contributed by atoms with Crippen molar-refractivity contribution >= 4 is 15.9 Å². The fraction of sp³-hybridized carbons (Fsp3) is 0.450. The van der Waals surface area contributed by atoms with Crippen molar-refractivity contribution in [2.45, 2.75) is 38.3 Å². The number of amides is 1. The standard InChI is InChI=1S/C20H23FN4O4S/c1-30(28,29)24-11-9-14-16(12-24)22-18(23-19(14)26)17-8-4-5-10-25(17)20(27)13-6-2-3-7-15(13)21/h2-3,6-7,17H,4-5,8-12H2,1H3,(H,22,23,26). The van der Waals surface area contributed by atoms with Crippen LogP contribution in [0.1, 0.15) is 52.7 Å². The molecule has 8 nitrogen and oxygen atoms in total. The number of rotatable bonds is 3. The average Bonchev–Trinajstić information content (AvgIpc) is 2.72. The van der Waals surface area contributed by atoms with Gasteiger partial charge < -0.3 is 9.88 Å². The molecule has 1 N–H and O–H groups in total. The van der Waals surface area contributed by atoms with Gasteiger partial charge in [0.2, 0.25) is 10.0 Å². The Morgan fingerprint density at radius 2 is 2.00 bits per heavy atom. The molecule has 1 aromatic carbocycles. The number of hydrogen-bond donors (Lipinski definition) is 1. The molecule has 1 atom stereocenters. The molecule has 1 unspecified atom stereocenters. The Balaban J connectivity index is 1.70. The van der Waals surface area contributed by atoms with Crippen LogP contribution in [0.15, 0.2) is 29.1 Å². The highest BCUT2D eigenvalue weighted by Crippen LogP contribution is 2.31. The van der Waals surface area contributed by atoms with Crippen molar-refractivity contribution in [2.24, 2.45) is 0 Å². The second-order valence-corrected chi connectivity index (χ2v) is 9.70. The summed E-state index contributed by atoms with van der Waals surface area (Å²) in [7, 11) is -3.41. The van der Waals surface area contributed by atoms with E-state index in [1.165, 1.54) is 22.5 Å². The van der Waals surface area contributed by atoms with Gasteiger partial charge in [-0.2, -0.15) is 4.31 Å². The zero-order valence-electron chi connectivity index (χ0n) is 16.6. The van der Waals surface area contributed by atoms with Gasteiger partial charge in [0.05, 0.1) is 30.1 Å². The number of aromatic amines is 1. The molecule has 0 aliphatic carbocycles. The molecule has 3 heterocycles. The average molecular weight is 434 g/mol. The number of hydrogen-bond acceptors (Lipinski definition) is 5. The van der Waals surface area contributed by atoms with Crippen molar-refractivity contribution in [3.63, 3.8) is 0 Å². The van der Waals surface area contributed by atoms with Gasteiger partial charge in [0, 0.05) is 18.7 Å². The predicted octanol–water partition coefficient (Wildman–Crippen LogP) is 1.59. The number of benzene rings is 1. The molecule has 1 fully saturated rings. The van der Waals surface area contributed by atoms with Crippen LogP contribution >= 0.6 is 0 Å². The van der Waals surface area contributed by atoms with Crippen molar-refractivity contribution in [3.05, 3.63) is 63.1 Å². The van der Waals surface area contributed by atoms with Gasteiger partial charge >= 0.3 is 0 Å². The number of H-pyrrole nitrogens is 1. The van der Waals surface area contributed by atoms with Crippen LogP contribution < -0.4 is 5.56 Å². The van der Waals surface area contributed by atoms with Gasteiger partial charge in [-0.05, 0) is 37.8 Å². The lowest BCUT2D eigenvalue weighted by molar-refractivity contribution is 0.0594. The summed E-state index contributed by atoms with van der Waals surface area (Å²) in [6.45, 7) is 0.685. The van der Waals surface area contributed by atoms with E-state index in [0.29, 0.717) is 30.0 Å². The number of nitrogens with one attached hydrogen (secondary N) is 1. The number of carbonyl (C=O) groups is 1. The first-order valence-corrected chi connectivity index (χ1v) is 11.7. The van der Waals surface area contributed by atoms with Crippen LogP contribution in [-0.4, -0.2) is 52.8 Å². The van der Waals surface area contributed by atoms with Gasteiger partial charge in [-0.15, -0.1) is 0 Å². The molecule has 1 saturated heterocycles. The zero-order chi connectivity index (χ0) is 21.5. The van der Waals surface area contributed by atoms with Crippen molar-refractivity contribution in [1.82, 2.24) is 19.2 Å². The van der Waals surface area contributed by atoms with Crippen molar-refractivity contribution in [1.29, 1.82) is 0 Å². The SMILES string of the molecule is CS(=O)(=O)N1CCc2c(nc(C3CCCCN3C(=O)c3ccccc3F)[nH]c2=O)C1. The molecule has 1 amide bonds. The number of nitrogens with zero attached hydrogens (tertiary/aromatic N) is 3. The van der Waals surface area contributed by atoms with Crippen LogP contribution in [0.2, 0.25) is 0 Å². The summed E-state index contributed by atoms with van der Waals surface area (Å²) in [5.41, 5.74) is 0.552. The van der Waals surface area contributed by atoms with Gasteiger partial charge in [0.1, 0.15) is 11.6 Å². The van der Waals surface area contributed by atoms with Crippen LogP contribution in [0, 0.1) is 5.82 Å². The topological polar surface area (TPSA) is 103 Å². The predicted molar refractivity (Wildman–Crippen MR) is 108 cm³/mol. The second kappa shape index (κ2) is 7.92. The molecule has 10 heteroatoms. The highest BCUT2D eigenvalue weighted by atomic mass is 32.2. The lowest BCUT2D eigenvalue weighted by Gasteiger charge is -2.35. The lowest BCUT2D eigenvalue weighted by atomic mass is 9.99. The summed E-state index contributed by atoms with van der Waals surface area (Å²) in [6, 6.07) is 5.31. The largest absolute Gasteiger partial charge is 0.328 e. The van der Waals surface area contributed by atoms with Crippen LogP contribution in [0.4, 0.5) is 4.39 Å². The molecule has 2 aliphatic heterocycles. The molecule has 0 bridgehead atoms. The minimum Gasteiger partial charge on any atom is -0.328 e. The molecular formula is C20H23FN4O4S. The van der Waals surface area contributed by atoms with Crippen molar-refractivity contribution in [2.75, 3.05) is 19.3 Å². The van der Waals surface area contributed by atoms with E-state index in [-0.39, 0.29) is 30.6 Å². The molecular weight excluding hydrogens is 411 g/mol. The maximum atomic E-state index is 14.2. The van der Waals surface area contributed by atoms with E-state index in [1.54, 1.807) is 11.0 Å². The Morgan fingerprint density at radius 1 is 1.23 bits per heavy atom. The molecule has 30 heavy (non-hydrogen) atoms. The first-order valence-electron chi connectivity index (χ1n) is 9.88. The Hall–Kier alpha value is -2.59. The lowest BCUT2D eigenvalue weighted by Crippen LogP contribution is -2.42. The molecule has 4 rings (SSSR count). The van der Waals surface area contributed by atoms with Crippen LogP contribution in [0.3, 0.4) is 0 Å². The van der Waals surface area contributed by atoms with Gasteiger partial charge in [-0.3, -0.25) is 9.59 Å². The van der Waals surface area contributed by atoms with Gasteiger partial charge in [-0.25, -0.2) is 17.8 Å². The highest BCUT2D eigenvalue weighted by Gasteiger charge is 2.33. The van der Waals surface area contributed by atoms with E-state index < -0.39 is 27.8 Å². The number of sulfonamides is 1. The van der Waals surface area contributed by atoms with Crippen molar-refractivity contribution < 1.29 is 17.6 Å². The van der Waals surface area contributed by atoms with Gasteiger partial charge in [0.15, 0.2) is 0 Å². The fourth-order valence-corrected chi connectivity index (χ4v) is 4.90. The molecule has 0 saturated carbocycles. The number of piperidine rings is 1. The first-order chi connectivity index (χ1) is 14.3. The number of carbonyl (C=O) groups excluding carboxylic acids is 1. The third-order valence-corrected chi connectivity index (χ3v) is 6.96. The van der Waals surface area contributed by atoms with Crippen LogP contribution in [0.5, 0.6) is 0 Å². The summed E-state index contributed by atoms with van der Waals surface area (Å²) in [4.78, 5) is 34.6. The first kappa shape index (κ1) is 20.7. The Bertz CT molecular complexity index is 1150. The third-order valence-electron chi connectivity index (χ3n) is 5.71. The highest BCUT2D eigenvalue weighted by molar-refractivity contribution is 7.88. The van der Waals surface area contributed by atoms with Gasteiger partial charge in [-0.1, -0.05) is 12.1 Å². The van der Waals surface area contributed by atoms with E-state index in [0.717, 1.165) is 19.1 Å². The number of halogens is 1. The van der Waals surface area contributed by atoms with Crippen LogP contribution in [0.25, 0.3) is 0 Å². The van der Waals surface area contributed by atoms with E-state index in [9.17, 15) is 22.4 Å². The Morgan fingerprint density at radius 3 is 2.73 bits per heavy atom. The fourth-order valence-electron chi connectivity index (χ4n) is 4.12. The summed E-state index contributed by atoms with van der Waals surface area (Å²) in [6.07, 6.45) is 3.60. The van der Waals surface area contributed by atoms with Crippen molar-refractivity contribution in [3.8, 4) is 0 Å². The third kappa shape index (κ3) is 3.89. The van der Waals surface area contributed by atoms with E-state index in [4.69, 9.17) is 0 Å². The maximum absolute atomic E-state index is 14.2. The molecule has 1 aromatic heterocycles. The summed E-state index contributed by atoms with van der Waals surface area (Å²) >= 11 is 0.